The van der Waals surface area contributed by atoms with E-state index >= 15 is 0 Å². The van der Waals surface area contributed by atoms with Gasteiger partial charge in [0.1, 0.15) is 0 Å². The maximum absolute atomic E-state index is 12.6. The maximum Gasteiger partial charge on any atom is 0.320 e. The summed E-state index contributed by atoms with van der Waals surface area (Å²) in [5.74, 6) is -1.24. The van der Waals surface area contributed by atoms with Crippen molar-refractivity contribution in [2.45, 2.75) is 45.3 Å². The molecule has 114 valence electrons. The lowest BCUT2D eigenvalue weighted by atomic mass is 9.98. The number of urea groups is 1. The smallest absolute Gasteiger partial charge is 0.320 e. The molecule has 2 unspecified atom stereocenters. The van der Waals surface area contributed by atoms with Crippen molar-refractivity contribution in [2.24, 2.45) is 5.92 Å². The molecule has 20 heavy (non-hydrogen) atoms. The van der Waals surface area contributed by atoms with Crippen molar-refractivity contribution in [3.05, 3.63) is 0 Å². The van der Waals surface area contributed by atoms with Gasteiger partial charge in [-0.05, 0) is 33.6 Å². The Balaban J connectivity index is 2.01. The molecule has 6 nitrogen and oxygen atoms in total. The van der Waals surface area contributed by atoms with Gasteiger partial charge in [0.25, 0.3) is 0 Å². The second-order valence-electron chi connectivity index (χ2n) is 6.47. The highest BCUT2D eigenvalue weighted by Crippen LogP contribution is 2.24. The van der Waals surface area contributed by atoms with Crippen LogP contribution in [0.25, 0.3) is 0 Å². The van der Waals surface area contributed by atoms with Crippen molar-refractivity contribution in [3.63, 3.8) is 0 Å². The first-order valence-electron chi connectivity index (χ1n) is 7.23. The summed E-state index contributed by atoms with van der Waals surface area (Å²) >= 11 is 0. The number of rotatable bonds is 1. The van der Waals surface area contributed by atoms with Crippen molar-refractivity contribution in [1.29, 1.82) is 0 Å². The van der Waals surface area contributed by atoms with Crippen molar-refractivity contribution >= 4 is 12.0 Å². The molecule has 2 aliphatic heterocycles. The topological polar surface area (TPSA) is 70.1 Å². The van der Waals surface area contributed by atoms with Gasteiger partial charge in [0, 0.05) is 19.6 Å². The Bertz CT molecular complexity index is 397. The van der Waals surface area contributed by atoms with E-state index in [1.165, 1.54) is 0 Å². The number of amides is 2. The third-order valence-corrected chi connectivity index (χ3v) is 3.88. The molecule has 2 aliphatic rings. The Labute approximate surface area is 119 Å². The number of morpholine rings is 1. The molecule has 0 bridgehead atoms. The largest absolute Gasteiger partial charge is 0.481 e. The van der Waals surface area contributed by atoms with E-state index in [1.807, 2.05) is 20.8 Å². The summed E-state index contributed by atoms with van der Waals surface area (Å²) in [6.45, 7) is 7.98. The second kappa shape index (κ2) is 5.60. The quantitative estimate of drug-likeness (QED) is 0.790. The minimum absolute atomic E-state index is 0.00256. The zero-order chi connectivity index (χ0) is 14.9. The standard InChI is InChI=1S/C14H24N2O4/c1-10-7-16(9-14(2,3)20-10)13(19)15-6-4-5-11(8-15)12(17)18/h10-11H,4-9H2,1-3H3,(H,17,18). The maximum atomic E-state index is 12.6. The minimum atomic E-state index is -0.807. The number of ether oxygens (including phenoxy) is 1. The van der Waals surface area contributed by atoms with Crippen molar-refractivity contribution < 1.29 is 19.4 Å². The van der Waals surface area contributed by atoms with E-state index in [9.17, 15) is 9.59 Å². The van der Waals surface area contributed by atoms with Crippen LogP contribution >= 0.6 is 0 Å². The van der Waals surface area contributed by atoms with Crippen LogP contribution in [-0.4, -0.2) is 64.8 Å². The van der Waals surface area contributed by atoms with Crippen LogP contribution in [-0.2, 0) is 9.53 Å². The predicted octanol–water partition coefficient (Wildman–Crippen LogP) is 1.40. The van der Waals surface area contributed by atoms with Crippen LogP contribution in [0, 0.1) is 5.92 Å². The Morgan fingerprint density at radius 3 is 2.55 bits per heavy atom. The fraction of sp³-hybridized carbons (Fsp3) is 0.857. The summed E-state index contributed by atoms with van der Waals surface area (Å²) in [4.78, 5) is 27.1. The lowest BCUT2D eigenvalue weighted by molar-refractivity contribution is -0.143. The van der Waals surface area contributed by atoms with Crippen LogP contribution in [0.15, 0.2) is 0 Å². The number of hydrogen-bond acceptors (Lipinski definition) is 3. The van der Waals surface area contributed by atoms with E-state index in [0.29, 0.717) is 32.6 Å². The second-order valence-corrected chi connectivity index (χ2v) is 6.47. The van der Waals surface area contributed by atoms with Crippen LogP contribution in [0.1, 0.15) is 33.6 Å². The highest BCUT2D eigenvalue weighted by Gasteiger charge is 2.37. The molecule has 2 atom stereocenters. The molecular formula is C14H24N2O4. The molecule has 6 heteroatoms. The van der Waals surface area contributed by atoms with E-state index in [1.54, 1.807) is 9.80 Å². The summed E-state index contributed by atoms with van der Waals surface area (Å²) in [6, 6.07) is -0.0563. The molecule has 0 aliphatic carbocycles. The molecule has 0 saturated carbocycles. The average molecular weight is 284 g/mol. The summed E-state index contributed by atoms with van der Waals surface area (Å²) in [6.07, 6.45) is 1.42. The fourth-order valence-corrected chi connectivity index (χ4v) is 3.15. The van der Waals surface area contributed by atoms with Crippen LogP contribution < -0.4 is 0 Å². The summed E-state index contributed by atoms with van der Waals surface area (Å²) in [7, 11) is 0. The van der Waals surface area contributed by atoms with Gasteiger partial charge in [-0.2, -0.15) is 0 Å². The van der Waals surface area contributed by atoms with Gasteiger partial charge in [0.15, 0.2) is 0 Å². The average Bonchev–Trinajstić information content (AvgIpc) is 2.35. The van der Waals surface area contributed by atoms with Crippen LogP contribution in [0.2, 0.25) is 0 Å². The first kappa shape index (κ1) is 15.1. The number of nitrogens with zero attached hydrogens (tertiary/aromatic N) is 2. The van der Waals surface area contributed by atoms with Gasteiger partial charge in [-0.3, -0.25) is 4.79 Å². The monoisotopic (exact) mass is 284 g/mol. The number of carbonyl (C=O) groups excluding carboxylic acids is 1. The molecule has 2 rings (SSSR count). The summed E-state index contributed by atoms with van der Waals surface area (Å²) in [5.41, 5.74) is -0.352. The first-order chi connectivity index (χ1) is 9.28. The van der Waals surface area contributed by atoms with E-state index in [4.69, 9.17) is 9.84 Å². The Kier molecular flexibility index (Phi) is 4.22. The molecule has 2 heterocycles. The van der Waals surface area contributed by atoms with Gasteiger partial charge in [-0.1, -0.05) is 0 Å². The minimum Gasteiger partial charge on any atom is -0.481 e. The van der Waals surface area contributed by atoms with Gasteiger partial charge < -0.3 is 19.6 Å². The highest BCUT2D eigenvalue weighted by molar-refractivity contribution is 5.77. The lowest BCUT2D eigenvalue weighted by Crippen LogP contribution is -2.58. The van der Waals surface area contributed by atoms with E-state index < -0.39 is 11.9 Å². The van der Waals surface area contributed by atoms with Crippen molar-refractivity contribution in [3.8, 4) is 0 Å². The van der Waals surface area contributed by atoms with E-state index in [2.05, 4.69) is 0 Å². The lowest BCUT2D eigenvalue weighted by Gasteiger charge is -2.44. The van der Waals surface area contributed by atoms with Gasteiger partial charge in [-0.25, -0.2) is 4.79 Å². The number of piperidine rings is 1. The molecule has 0 spiro atoms. The fourth-order valence-electron chi connectivity index (χ4n) is 3.15. The molecule has 2 saturated heterocycles. The highest BCUT2D eigenvalue weighted by atomic mass is 16.5. The SMILES string of the molecule is CC1CN(C(=O)N2CCCC(C(=O)O)C2)CC(C)(C)O1. The van der Waals surface area contributed by atoms with Gasteiger partial charge in [-0.15, -0.1) is 0 Å². The number of likely N-dealkylation sites (tertiary alicyclic amines) is 1. The zero-order valence-electron chi connectivity index (χ0n) is 12.5. The molecule has 2 amide bonds. The van der Waals surface area contributed by atoms with Gasteiger partial charge in [0.2, 0.25) is 0 Å². The van der Waals surface area contributed by atoms with Crippen LogP contribution in [0.3, 0.4) is 0 Å². The molecule has 0 aromatic rings. The number of carboxylic acid groups (broad SMARTS) is 1. The first-order valence-corrected chi connectivity index (χ1v) is 7.23. The van der Waals surface area contributed by atoms with Crippen LogP contribution in [0.5, 0.6) is 0 Å². The van der Waals surface area contributed by atoms with Crippen molar-refractivity contribution in [2.75, 3.05) is 26.2 Å². The third-order valence-electron chi connectivity index (χ3n) is 3.88. The predicted molar refractivity (Wildman–Crippen MR) is 73.5 cm³/mol. The molecule has 0 aromatic heterocycles. The Morgan fingerprint density at radius 2 is 1.95 bits per heavy atom. The van der Waals surface area contributed by atoms with E-state index in [0.717, 1.165) is 6.42 Å². The number of carbonyl (C=O) groups is 2. The Morgan fingerprint density at radius 1 is 1.25 bits per heavy atom. The van der Waals surface area contributed by atoms with Crippen LogP contribution in [0.4, 0.5) is 4.79 Å². The molecular weight excluding hydrogens is 260 g/mol. The summed E-state index contributed by atoms with van der Waals surface area (Å²) < 4.78 is 5.79. The zero-order valence-corrected chi connectivity index (χ0v) is 12.5. The number of hydrogen-bond donors (Lipinski definition) is 1. The molecule has 1 N–H and O–H groups in total. The van der Waals surface area contributed by atoms with Crippen molar-refractivity contribution in [1.82, 2.24) is 9.80 Å². The number of carboxylic acids is 1. The number of aliphatic carboxylic acids is 1. The normalized spacial score (nSPS) is 30.1. The Hall–Kier alpha value is -1.30. The molecule has 2 fully saturated rings. The van der Waals surface area contributed by atoms with Gasteiger partial charge >= 0.3 is 12.0 Å². The molecule has 0 radical (unpaired) electrons. The molecule has 0 aromatic carbocycles. The van der Waals surface area contributed by atoms with Gasteiger partial charge in [0.05, 0.1) is 24.2 Å². The third kappa shape index (κ3) is 3.42. The van der Waals surface area contributed by atoms with E-state index in [-0.39, 0.29) is 17.7 Å². The summed E-state index contributed by atoms with van der Waals surface area (Å²) in [5, 5.41) is 9.10.